The average molecular weight is 406 g/mol. The van der Waals surface area contributed by atoms with E-state index in [9.17, 15) is 27.6 Å². The van der Waals surface area contributed by atoms with Crippen molar-refractivity contribution in [3.63, 3.8) is 0 Å². The lowest BCUT2D eigenvalue weighted by molar-refractivity contribution is -0.239. The van der Waals surface area contributed by atoms with Gasteiger partial charge >= 0.3 is 24.1 Å². The van der Waals surface area contributed by atoms with E-state index in [1.54, 1.807) is 6.92 Å². The fraction of sp³-hybridized carbons (Fsp3) is 0.842. The monoisotopic (exact) mass is 406 g/mol. The second-order valence-corrected chi connectivity index (χ2v) is 8.96. The molecule has 6 nitrogen and oxygen atoms in total. The number of carbonyl (C=O) groups is 3. The topological polar surface area (TPSA) is 78.9 Å². The molecule has 0 aromatic carbocycles. The molecule has 28 heavy (non-hydrogen) atoms. The highest BCUT2D eigenvalue weighted by atomic mass is 19.4. The van der Waals surface area contributed by atoms with Crippen molar-refractivity contribution in [1.82, 2.24) is 0 Å². The van der Waals surface area contributed by atoms with E-state index in [1.807, 2.05) is 0 Å². The van der Waals surface area contributed by atoms with Crippen LogP contribution in [0.4, 0.5) is 13.2 Å². The van der Waals surface area contributed by atoms with Crippen LogP contribution in [0.3, 0.4) is 0 Å². The summed E-state index contributed by atoms with van der Waals surface area (Å²) in [5.74, 6) is -3.08. The van der Waals surface area contributed by atoms with Crippen molar-refractivity contribution in [2.24, 2.45) is 23.2 Å². The van der Waals surface area contributed by atoms with E-state index in [4.69, 9.17) is 14.2 Å². The highest BCUT2D eigenvalue weighted by Crippen LogP contribution is 2.61. The average Bonchev–Trinajstić information content (AvgIpc) is 3.15. The Kier molecular flexibility index (Phi) is 4.56. The number of rotatable bonds is 5. The van der Waals surface area contributed by atoms with Crippen LogP contribution in [0.15, 0.2) is 0 Å². The van der Waals surface area contributed by atoms with Crippen LogP contribution in [0.2, 0.25) is 0 Å². The fourth-order valence-electron chi connectivity index (χ4n) is 4.64. The normalized spacial score (nSPS) is 36.1. The zero-order chi connectivity index (χ0) is 21.3. The second-order valence-electron chi connectivity index (χ2n) is 8.96. The predicted molar refractivity (Wildman–Crippen MR) is 88.7 cm³/mol. The molecule has 3 rings (SSSR count). The lowest BCUT2D eigenvalue weighted by Crippen LogP contribution is -2.52. The van der Waals surface area contributed by atoms with Gasteiger partial charge in [0, 0.05) is 11.8 Å². The molecule has 0 aromatic rings. The van der Waals surface area contributed by atoms with Crippen molar-refractivity contribution >= 4 is 17.9 Å². The molecule has 0 aromatic heterocycles. The number of halogens is 3. The van der Waals surface area contributed by atoms with E-state index in [0.29, 0.717) is 12.8 Å². The molecule has 3 aliphatic rings. The smallest absolute Gasteiger partial charge is 0.404 e. The fourth-order valence-corrected chi connectivity index (χ4v) is 4.64. The zero-order valence-electron chi connectivity index (χ0n) is 16.5. The summed E-state index contributed by atoms with van der Waals surface area (Å²) in [6, 6.07) is 0. The molecule has 2 saturated carbocycles. The Labute approximate surface area is 161 Å². The van der Waals surface area contributed by atoms with E-state index in [0.717, 1.165) is 6.92 Å². The van der Waals surface area contributed by atoms with Gasteiger partial charge in [-0.25, -0.2) is 4.79 Å². The molecule has 1 saturated heterocycles. The van der Waals surface area contributed by atoms with Gasteiger partial charge in [-0.2, -0.15) is 13.2 Å². The van der Waals surface area contributed by atoms with Gasteiger partial charge in [0.25, 0.3) is 0 Å². The minimum Gasteiger partial charge on any atom is -0.455 e. The molecule has 1 aliphatic heterocycles. The minimum atomic E-state index is -4.82. The first kappa shape index (κ1) is 20.9. The number of carbonyl (C=O) groups excluding carboxylic acids is 3. The molecule has 6 unspecified atom stereocenters. The Bertz CT molecular complexity index is 717. The van der Waals surface area contributed by atoms with Gasteiger partial charge in [0.05, 0.1) is 5.92 Å². The van der Waals surface area contributed by atoms with Gasteiger partial charge in [0.2, 0.25) is 5.60 Å². The summed E-state index contributed by atoms with van der Waals surface area (Å²) in [6.07, 6.45) is -4.80. The number of esters is 3. The van der Waals surface area contributed by atoms with Crippen LogP contribution in [-0.2, 0) is 28.6 Å². The lowest BCUT2D eigenvalue weighted by Gasteiger charge is -2.37. The standard InChI is InChI=1S/C19H25F3O6/c1-6-17(4,19(20,21)22)15(25)28-16(2,3)14(24)26-12-9-7-10-11(8-9)18(12,5)27-13(10)23/h9-12H,6-8H2,1-5H3. The molecule has 158 valence electrons. The van der Waals surface area contributed by atoms with Crippen LogP contribution in [0.1, 0.15) is 53.9 Å². The van der Waals surface area contributed by atoms with E-state index in [1.165, 1.54) is 20.8 Å². The maximum atomic E-state index is 13.3. The zero-order valence-corrected chi connectivity index (χ0v) is 16.5. The van der Waals surface area contributed by atoms with Crippen LogP contribution >= 0.6 is 0 Å². The summed E-state index contributed by atoms with van der Waals surface area (Å²) in [5, 5.41) is 0. The maximum Gasteiger partial charge on any atom is 0.404 e. The molecule has 6 atom stereocenters. The van der Waals surface area contributed by atoms with Crippen molar-refractivity contribution in [1.29, 1.82) is 0 Å². The molecular weight excluding hydrogens is 381 g/mol. The van der Waals surface area contributed by atoms with Gasteiger partial charge in [-0.05, 0) is 47.0 Å². The van der Waals surface area contributed by atoms with Crippen molar-refractivity contribution in [2.75, 3.05) is 0 Å². The Morgan fingerprint density at radius 1 is 1.18 bits per heavy atom. The van der Waals surface area contributed by atoms with Crippen molar-refractivity contribution in [3.05, 3.63) is 0 Å². The summed E-state index contributed by atoms with van der Waals surface area (Å²) in [7, 11) is 0. The van der Waals surface area contributed by atoms with E-state index in [2.05, 4.69) is 0 Å². The van der Waals surface area contributed by atoms with Gasteiger partial charge in [-0.3, -0.25) is 9.59 Å². The Morgan fingerprint density at radius 2 is 1.79 bits per heavy atom. The summed E-state index contributed by atoms with van der Waals surface area (Å²) < 4.78 is 55.8. The Balaban J connectivity index is 1.72. The second kappa shape index (κ2) is 6.10. The number of hydrogen-bond donors (Lipinski definition) is 0. The SMILES string of the molecule is CCC(C)(C(=O)OC(C)(C)C(=O)OC1C2CC3C(=O)OC1(C)C3C2)C(F)(F)F. The molecule has 9 heteroatoms. The molecule has 3 fully saturated rings. The predicted octanol–water partition coefficient (Wildman–Crippen LogP) is 3.17. The first-order valence-corrected chi connectivity index (χ1v) is 9.41. The van der Waals surface area contributed by atoms with Gasteiger partial charge < -0.3 is 14.2 Å². The molecule has 0 N–H and O–H groups in total. The molecule has 0 amide bonds. The first-order chi connectivity index (χ1) is 12.7. The minimum absolute atomic E-state index is 0.0397. The van der Waals surface area contributed by atoms with Gasteiger partial charge in [-0.1, -0.05) is 6.92 Å². The van der Waals surface area contributed by atoms with Crippen LogP contribution in [0.25, 0.3) is 0 Å². The van der Waals surface area contributed by atoms with Gasteiger partial charge in [-0.15, -0.1) is 0 Å². The van der Waals surface area contributed by atoms with Crippen LogP contribution in [0, 0.1) is 23.2 Å². The third-order valence-corrected chi connectivity index (χ3v) is 6.81. The Morgan fingerprint density at radius 3 is 2.32 bits per heavy atom. The van der Waals surface area contributed by atoms with Crippen LogP contribution in [-0.4, -0.2) is 41.4 Å². The number of alkyl halides is 3. The number of ether oxygens (including phenoxy) is 3. The van der Waals surface area contributed by atoms with Crippen molar-refractivity contribution in [3.8, 4) is 0 Å². The maximum absolute atomic E-state index is 13.3. The quantitative estimate of drug-likeness (QED) is 0.516. The summed E-state index contributed by atoms with van der Waals surface area (Å²) in [6.45, 7) is 6.06. The summed E-state index contributed by atoms with van der Waals surface area (Å²) in [5.41, 5.74) is -5.58. The summed E-state index contributed by atoms with van der Waals surface area (Å²) in [4.78, 5) is 36.9. The molecule has 2 bridgehead atoms. The van der Waals surface area contributed by atoms with Crippen molar-refractivity contribution in [2.45, 2.75) is 77.4 Å². The molecule has 2 aliphatic carbocycles. The molecule has 0 radical (unpaired) electrons. The molecule has 1 heterocycles. The molecular formula is C19H25F3O6. The Hall–Kier alpha value is -1.80. The lowest BCUT2D eigenvalue weighted by atomic mass is 9.79. The molecule has 0 spiro atoms. The van der Waals surface area contributed by atoms with E-state index < -0.39 is 47.3 Å². The van der Waals surface area contributed by atoms with Crippen molar-refractivity contribution < 1.29 is 41.8 Å². The van der Waals surface area contributed by atoms with E-state index >= 15 is 0 Å². The number of fused-ring (bicyclic) bond motifs is 1. The van der Waals surface area contributed by atoms with Crippen LogP contribution in [0.5, 0.6) is 0 Å². The third kappa shape index (κ3) is 2.80. The van der Waals surface area contributed by atoms with Gasteiger partial charge in [0.1, 0.15) is 11.7 Å². The van der Waals surface area contributed by atoms with Gasteiger partial charge in [0.15, 0.2) is 5.41 Å². The highest BCUT2D eigenvalue weighted by molar-refractivity contribution is 5.85. The highest BCUT2D eigenvalue weighted by Gasteiger charge is 2.70. The number of hydrogen-bond acceptors (Lipinski definition) is 6. The third-order valence-electron chi connectivity index (χ3n) is 6.81. The summed E-state index contributed by atoms with van der Waals surface area (Å²) >= 11 is 0. The van der Waals surface area contributed by atoms with E-state index in [-0.39, 0.29) is 23.7 Å². The largest absolute Gasteiger partial charge is 0.455 e. The van der Waals surface area contributed by atoms with Crippen LogP contribution < -0.4 is 0 Å². The first-order valence-electron chi connectivity index (χ1n) is 9.41.